The molecule has 0 aliphatic heterocycles. The van der Waals surface area contributed by atoms with Gasteiger partial charge in [-0.05, 0) is 60.0 Å². The zero-order valence-corrected chi connectivity index (χ0v) is 17.1. The molecular weight excluding hydrogens is 442 g/mol. The van der Waals surface area contributed by atoms with E-state index in [1.54, 1.807) is 28.8 Å². The van der Waals surface area contributed by atoms with Gasteiger partial charge in [-0.25, -0.2) is 9.07 Å². The Morgan fingerprint density at radius 1 is 1.15 bits per heavy atom. The third kappa shape index (κ3) is 4.58. The average molecular weight is 461 g/mol. The SMILES string of the molecule is NC(=O)c1cc2cc(Cn3cc(C(CCO)C(F)(F)F)nn3)ccn2c1-c1ccc(F)cc1. The number of rotatable bonds is 7. The summed E-state index contributed by atoms with van der Waals surface area (Å²) < 4.78 is 56.0. The number of nitrogens with two attached hydrogens (primary N) is 1. The molecule has 0 fully saturated rings. The topological polar surface area (TPSA) is 98.4 Å². The molecule has 33 heavy (non-hydrogen) atoms. The summed E-state index contributed by atoms with van der Waals surface area (Å²) in [5.41, 5.74) is 7.94. The molecule has 1 aromatic carbocycles. The van der Waals surface area contributed by atoms with Gasteiger partial charge in [-0.1, -0.05) is 5.21 Å². The lowest BCUT2D eigenvalue weighted by atomic mass is 10.0. The van der Waals surface area contributed by atoms with Crippen molar-refractivity contribution in [1.29, 1.82) is 0 Å². The summed E-state index contributed by atoms with van der Waals surface area (Å²) in [6.45, 7) is -0.489. The lowest BCUT2D eigenvalue weighted by molar-refractivity contribution is -0.154. The highest BCUT2D eigenvalue weighted by Gasteiger charge is 2.42. The number of fused-ring (bicyclic) bond motifs is 1. The van der Waals surface area contributed by atoms with Crippen LogP contribution in [0, 0.1) is 5.82 Å². The largest absolute Gasteiger partial charge is 0.397 e. The van der Waals surface area contributed by atoms with E-state index in [9.17, 15) is 22.4 Å². The highest BCUT2D eigenvalue weighted by Crippen LogP contribution is 2.36. The second kappa shape index (κ2) is 8.66. The lowest BCUT2D eigenvalue weighted by Crippen LogP contribution is -2.22. The molecule has 0 aliphatic rings. The summed E-state index contributed by atoms with van der Waals surface area (Å²) in [6, 6.07) is 10.7. The number of primary amides is 1. The van der Waals surface area contributed by atoms with Crippen molar-refractivity contribution >= 4 is 11.4 Å². The predicted molar refractivity (Wildman–Crippen MR) is 111 cm³/mol. The predicted octanol–water partition coefficient (Wildman–Crippen LogP) is 3.51. The summed E-state index contributed by atoms with van der Waals surface area (Å²) in [5.74, 6) is -2.97. The Kier molecular flexibility index (Phi) is 5.90. The van der Waals surface area contributed by atoms with Gasteiger partial charge in [-0.2, -0.15) is 13.2 Å². The normalized spacial score (nSPS) is 12.9. The van der Waals surface area contributed by atoms with E-state index >= 15 is 0 Å². The number of pyridine rings is 1. The lowest BCUT2D eigenvalue weighted by Gasteiger charge is -2.16. The van der Waals surface area contributed by atoms with Crippen LogP contribution in [0.3, 0.4) is 0 Å². The third-order valence-corrected chi connectivity index (χ3v) is 5.29. The fourth-order valence-corrected chi connectivity index (χ4v) is 3.76. The summed E-state index contributed by atoms with van der Waals surface area (Å²) >= 11 is 0. The van der Waals surface area contributed by atoms with Crippen molar-refractivity contribution in [1.82, 2.24) is 19.4 Å². The average Bonchev–Trinajstić information content (AvgIpc) is 3.36. The molecule has 1 unspecified atom stereocenters. The standard InChI is InChI=1S/C22H19F4N5O2/c23-15-3-1-14(2-4-15)20-17(21(27)33)10-16-9-13(5-7-31(16)20)11-30-12-19(28-29-30)18(6-8-32)22(24,25)26/h1-5,7,9-10,12,18,32H,6,8,11H2,(H2,27,33). The van der Waals surface area contributed by atoms with Crippen LogP contribution in [0.4, 0.5) is 17.6 Å². The summed E-state index contributed by atoms with van der Waals surface area (Å²) in [5, 5.41) is 16.4. The molecular formula is C22H19F4N5O2. The number of hydrogen-bond donors (Lipinski definition) is 2. The van der Waals surface area contributed by atoms with Crippen LogP contribution in [0.1, 0.15) is 34.0 Å². The molecule has 3 heterocycles. The first-order chi connectivity index (χ1) is 15.7. The Morgan fingerprint density at radius 2 is 1.88 bits per heavy atom. The number of aliphatic hydroxyl groups is 1. The van der Waals surface area contributed by atoms with E-state index in [4.69, 9.17) is 10.8 Å². The van der Waals surface area contributed by atoms with Crippen LogP contribution < -0.4 is 5.73 Å². The highest BCUT2D eigenvalue weighted by atomic mass is 19.4. The Bertz CT molecular complexity index is 1290. The van der Waals surface area contributed by atoms with E-state index in [0.717, 1.165) is 0 Å². The minimum Gasteiger partial charge on any atom is -0.396 e. The molecule has 0 bridgehead atoms. The number of nitrogens with zero attached hydrogens (tertiary/aromatic N) is 4. The van der Waals surface area contributed by atoms with Crippen LogP contribution in [0.2, 0.25) is 0 Å². The highest BCUT2D eigenvalue weighted by molar-refractivity contribution is 6.01. The van der Waals surface area contributed by atoms with Gasteiger partial charge in [0.05, 0.1) is 23.5 Å². The quantitative estimate of drug-likeness (QED) is 0.412. The van der Waals surface area contributed by atoms with E-state index in [1.807, 2.05) is 0 Å². The molecule has 3 N–H and O–H groups in total. The summed E-state index contributed by atoms with van der Waals surface area (Å²) in [4.78, 5) is 12.0. The van der Waals surface area contributed by atoms with Gasteiger partial charge in [-0.3, -0.25) is 4.79 Å². The van der Waals surface area contributed by atoms with Crippen molar-refractivity contribution < 1.29 is 27.5 Å². The van der Waals surface area contributed by atoms with Crippen molar-refractivity contribution in [3.63, 3.8) is 0 Å². The number of carbonyl (C=O) groups excluding carboxylic acids is 1. The molecule has 0 aliphatic carbocycles. The van der Waals surface area contributed by atoms with Gasteiger partial charge >= 0.3 is 6.18 Å². The first-order valence-electron chi connectivity index (χ1n) is 9.94. The maximum Gasteiger partial charge on any atom is 0.397 e. The van der Waals surface area contributed by atoms with Crippen LogP contribution >= 0.6 is 0 Å². The number of aliphatic hydroxyl groups excluding tert-OH is 1. The van der Waals surface area contributed by atoms with E-state index in [0.29, 0.717) is 22.3 Å². The Morgan fingerprint density at radius 3 is 2.52 bits per heavy atom. The summed E-state index contributed by atoms with van der Waals surface area (Å²) in [7, 11) is 0. The fourth-order valence-electron chi connectivity index (χ4n) is 3.76. The Labute approximate surface area is 185 Å². The van der Waals surface area contributed by atoms with Crippen molar-refractivity contribution in [3.05, 3.63) is 77.5 Å². The van der Waals surface area contributed by atoms with Gasteiger partial charge in [0.1, 0.15) is 11.7 Å². The van der Waals surface area contributed by atoms with Gasteiger partial charge < -0.3 is 15.2 Å². The van der Waals surface area contributed by atoms with E-state index < -0.39 is 36.8 Å². The molecule has 0 spiro atoms. The van der Waals surface area contributed by atoms with Crippen molar-refractivity contribution in [2.75, 3.05) is 6.61 Å². The molecule has 0 radical (unpaired) electrons. The Balaban J connectivity index is 1.66. The maximum atomic E-state index is 13.3. The molecule has 4 rings (SSSR count). The molecule has 7 nitrogen and oxygen atoms in total. The van der Waals surface area contributed by atoms with Crippen LogP contribution in [-0.2, 0) is 6.54 Å². The van der Waals surface area contributed by atoms with Crippen LogP contribution in [0.25, 0.3) is 16.8 Å². The number of halogens is 4. The maximum absolute atomic E-state index is 13.3. The molecule has 3 aromatic heterocycles. The van der Waals surface area contributed by atoms with Gasteiger partial charge in [0.2, 0.25) is 0 Å². The molecule has 0 saturated carbocycles. The zero-order chi connectivity index (χ0) is 23.8. The number of carbonyl (C=O) groups is 1. The first-order valence-corrected chi connectivity index (χ1v) is 9.94. The fraction of sp³-hybridized carbons (Fsp3) is 0.227. The number of hydrogen-bond acceptors (Lipinski definition) is 4. The van der Waals surface area contributed by atoms with Crippen molar-refractivity contribution in [3.8, 4) is 11.3 Å². The number of amides is 1. The monoisotopic (exact) mass is 461 g/mol. The van der Waals surface area contributed by atoms with E-state index in [1.165, 1.54) is 35.1 Å². The van der Waals surface area contributed by atoms with Crippen molar-refractivity contribution in [2.45, 2.75) is 25.1 Å². The number of aromatic nitrogens is 4. The van der Waals surface area contributed by atoms with Gasteiger partial charge in [0.25, 0.3) is 5.91 Å². The van der Waals surface area contributed by atoms with E-state index in [-0.39, 0.29) is 17.8 Å². The van der Waals surface area contributed by atoms with Gasteiger partial charge in [-0.15, -0.1) is 5.10 Å². The Hall–Kier alpha value is -3.73. The van der Waals surface area contributed by atoms with Crippen LogP contribution in [0.5, 0.6) is 0 Å². The van der Waals surface area contributed by atoms with Gasteiger partial charge in [0.15, 0.2) is 0 Å². The second-order valence-corrected chi connectivity index (χ2v) is 7.56. The number of alkyl halides is 3. The third-order valence-electron chi connectivity index (χ3n) is 5.29. The van der Waals surface area contributed by atoms with Gasteiger partial charge in [0, 0.05) is 24.5 Å². The smallest absolute Gasteiger partial charge is 0.396 e. The minimum absolute atomic E-state index is 0.135. The number of benzene rings is 1. The molecule has 1 atom stereocenters. The molecule has 172 valence electrons. The van der Waals surface area contributed by atoms with E-state index in [2.05, 4.69) is 10.3 Å². The zero-order valence-electron chi connectivity index (χ0n) is 17.1. The molecule has 11 heteroatoms. The van der Waals surface area contributed by atoms with Crippen LogP contribution in [0.15, 0.2) is 54.9 Å². The van der Waals surface area contributed by atoms with Crippen molar-refractivity contribution in [2.24, 2.45) is 5.73 Å². The minimum atomic E-state index is -4.55. The molecule has 4 aromatic rings. The molecule has 0 saturated heterocycles. The molecule has 1 amide bonds. The second-order valence-electron chi connectivity index (χ2n) is 7.56. The van der Waals surface area contributed by atoms with Crippen LogP contribution in [-0.4, -0.2) is 43.2 Å². The first kappa shape index (κ1) is 22.5. The summed E-state index contributed by atoms with van der Waals surface area (Å²) in [6.07, 6.45) is -2.15.